The van der Waals surface area contributed by atoms with Gasteiger partial charge in [0.05, 0.1) is 5.69 Å². The van der Waals surface area contributed by atoms with Gasteiger partial charge in [-0.1, -0.05) is 48.5 Å². The average molecular weight is 279 g/mol. The number of anilines is 1. The fraction of sp³-hybridized carbons (Fsp3) is 0. The van der Waals surface area contributed by atoms with E-state index in [1.807, 2.05) is 36.4 Å². The topological polar surface area (TPSA) is 77.8 Å². The SMILES string of the molecule is O=C(Nc1c(-c2ccccc2)[nH][nH]c1=O)c1ccccc1. The van der Waals surface area contributed by atoms with Gasteiger partial charge in [-0.05, 0) is 12.1 Å². The van der Waals surface area contributed by atoms with Gasteiger partial charge in [0.2, 0.25) is 0 Å². The lowest BCUT2D eigenvalue weighted by atomic mass is 10.1. The van der Waals surface area contributed by atoms with Crippen molar-refractivity contribution < 1.29 is 4.79 Å². The van der Waals surface area contributed by atoms with Gasteiger partial charge >= 0.3 is 0 Å². The molecule has 5 nitrogen and oxygen atoms in total. The Bertz CT molecular complexity index is 804. The second-order valence-corrected chi connectivity index (χ2v) is 4.52. The molecule has 2 aromatic carbocycles. The zero-order valence-corrected chi connectivity index (χ0v) is 11.1. The summed E-state index contributed by atoms with van der Waals surface area (Å²) >= 11 is 0. The molecule has 21 heavy (non-hydrogen) atoms. The number of nitrogens with one attached hydrogen (secondary N) is 3. The Morgan fingerprint density at radius 2 is 1.48 bits per heavy atom. The number of H-pyrrole nitrogens is 2. The van der Waals surface area contributed by atoms with Gasteiger partial charge in [-0.2, -0.15) is 0 Å². The van der Waals surface area contributed by atoms with E-state index in [4.69, 9.17) is 0 Å². The lowest BCUT2D eigenvalue weighted by Crippen LogP contribution is -2.17. The minimum absolute atomic E-state index is 0.218. The van der Waals surface area contributed by atoms with E-state index in [2.05, 4.69) is 15.5 Å². The molecule has 0 unspecified atom stereocenters. The van der Waals surface area contributed by atoms with E-state index in [0.717, 1.165) is 5.56 Å². The summed E-state index contributed by atoms with van der Waals surface area (Å²) in [7, 11) is 0. The van der Waals surface area contributed by atoms with Crippen LogP contribution in [0.15, 0.2) is 65.5 Å². The molecule has 1 amide bonds. The van der Waals surface area contributed by atoms with Gasteiger partial charge in [-0.25, -0.2) is 0 Å². The van der Waals surface area contributed by atoms with Crippen molar-refractivity contribution in [1.82, 2.24) is 10.2 Å². The Balaban J connectivity index is 1.95. The number of hydrogen-bond acceptors (Lipinski definition) is 2. The second kappa shape index (κ2) is 5.50. The molecule has 0 fully saturated rings. The molecule has 3 aromatic rings. The first-order valence-electron chi connectivity index (χ1n) is 6.48. The molecule has 1 aromatic heterocycles. The van der Waals surface area contributed by atoms with Crippen LogP contribution in [0.3, 0.4) is 0 Å². The normalized spacial score (nSPS) is 10.3. The number of hydrogen-bond donors (Lipinski definition) is 3. The Morgan fingerprint density at radius 1 is 0.857 bits per heavy atom. The van der Waals surface area contributed by atoms with Crippen LogP contribution >= 0.6 is 0 Å². The Hall–Kier alpha value is -3.08. The highest BCUT2D eigenvalue weighted by Crippen LogP contribution is 2.22. The Labute approximate surface area is 120 Å². The quantitative estimate of drug-likeness (QED) is 0.689. The van der Waals surface area contributed by atoms with Gasteiger partial charge in [-0.15, -0.1) is 0 Å². The fourth-order valence-electron chi connectivity index (χ4n) is 2.07. The Morgan fingerprint density at radius 3 is 2.14 bits per heavy atom. The van der Waals surface area contributed by atoms with Crippen molar-refractivity contribution >= 4 is 11.6 Å². The molecule has 0 radical (unpaired) electrons. The first-order valence-corrected chi connectivity index (χ1v) is 6.48. The maximum atomic E-state index is 12.2. The van der Waals surface area contributed by atoms with Crippen LogP contribution in [0.5, 0.6) is 0 Å². The summed E-state index contributed by atoms with van der Waals surface area (Å²) in [5, 5.41) is 7.95. The number of carbonyl (C=O) groups is 1. The molecule has 0 spiro atoms. The van der Waals surface area contributed by atoms with Crippen molar-refractivity contribution in [3.8, 4) is 11.3 Å². The molecule has 3 N–H and O–H groups in total. The van der Waals surface area contributed by atoms with Crippen molar-refractivity contribution in [3.05, 3.63) is 76.6 Å². The van der Waals surface area contributed by atoms with Crippen LogP contribution in [0.25, 0.3) is 11.3 Å². The van der Waals surface area contributed by atoms with Gasteiger partial charge in [-0.3, -0.25) is 19.8 Å². The summed E-state index contributed by atoms with van der Waals surface area (Å²) in [4.78, 5) is 24.0. The summed E-state index contributed by atoms with van der Waals surface area (Å²) in [6, 6.07) is 18.1. The zero-order valence-electron chi connectivity index (χ0n) is 11.1. The van der Waals surface area contributed by atoms with E-state index in [9.17, 15) is 9.59 Å². The minimum Gasteiger partial charge on any atom is -0.316 e. The summed E-state index contributed by atoms with van der Waals surface area (Å²) < 4.78 is 0. The van der Waals surface area contributed by atoms with E-state index >= 15 is 0 Å². The highest BCUT2D eigenvalue weighted by atomic mass is 16.2. The van der Waals surface area contributed by atoms with Crippen molar-refractivity contribution in [2.75, 3.05) is 5.32 Å². The molecule has 104 valence electrons. The maximum Gasteiger partial charge on any atom is 0.288 e. The highest BCUT2D eigenvalue weighted by molar-refractivity contribution is 6.05. The third-order valence-corrected chi connectivity index (χ3v) is 3.12. The van der Waals surface area contributed by atoms with Gasteiger partial charge in [0.1, 0.15) is 5.69 Å². The van der Waals surface area contributed by atoms with Crippen LogP contribution in [0.1, 0.15) is 10.4 Å². The number of aromatic nitrogens is 2. The lowest BCUT2D eigenvalue weighted by molar-refractivity contribution is 0.102. The first kappa shape index (κ1) is 12.9. The second-order valence-electron chi connectivity index (χ2n) is 4.52. The predicted octanol–water partition coefficient (Wildman–Crippen LogP) is 2.62. The highest BCUT2D eigenvalue weighted by Gasteiger charge is 2.15. The number of benzene rings is 2. The monoisotopic (exact) mass is 279 g/mol. The Kier molecular flexibility index (Phi) is 3.39. The summed E-state index contributed by atoms with van der Waals surface area (Å²) in [6.07, 6.45) is 0. The average Bonchev–Trinajstić information content (AvgIpc) is 2.90. The molecule has 0 saturated heterocycles. The molecular weight excluding hydrogens is 266 g/mol. The van der Waals surface area contributed by atoms with Crippen molar-refractivity contribution in [2.45, 2.75) is 0 Å². The maximum absolute atomic E-state index is 12.2. The van der Waals surface area contributed by atoms with Crippen LogP contribution in [0, 0.1) is 0 Å². The van der Waals surface area contributed by atoms with E-state index in [0.29, 0.717) is 11.3 Å². The van der Waals surface area contributed by atoms with E-state index in [-0.39, 0.29) is 17.2 Å². The van der Waals surface area contributed by atoms with Gasteiger partial charge in [0, 0.05) is 11.1 Å². The van der Waals surface area contributed by atoms with Gasteiger partial charge < -0.3 is 5.32 Å². The number of aromatic amines is 2. The van der Waals surface area contributed by atoms with Crippen LogP contribution in [-0.4, -0.2) is 16.1 Å². The van der Waals surface area contributed by atoms with Crippen LogP contribution in [0.4, 0.5) is 5.69 Å². The van der Waals surface area contributed by atoms with Gasteiger partial charge in [0.25, 0.3) is 11.5 Å². The molecule has 5 heteroatoms. The first-order chi connectivity index (χ1) is 10.3. The molecule has 0 saturated carbocycles. The molecule has 0 bridgehead atoms. The third-order valence-electron chi connectivity index (χ3n) is 3.12. The standard InChI is InChI=1S/C16H13N3O2/c20-15(12-9-5-2-6-10-12)17-14-13(18-19-16(14)21)11-7-3-1-4-8-11/h1-10H,(H,17,20)(H2,18,19,21). The molecule has 0 aliphatic carbocycles. The molecular formula is C16H13N3O2. The molecule has 1 heterocycles. The van der Waals surface area contributed by atoms with Crippen LogP contribution < -0.4 is 10.9 Å². The lowest BCUT2D eigenvalue weighted by Gasteiger charge is -2.05. The van der Waals surface area contributed by atoms with Crippen molar-refractivity contribution in [1.29, 1.82) is 0 Å². The van der Waals surface area contributed by atoms with Crippen LogP contribution in [-0.2, 0) is 0 Å². The van der Waals surface area contributed by atoms with E-state index in [1.54, 1.807) is 24.3 Å². The predicted molar refractivity (Wildman–Crippen MR) is 81.2 cm³/mol. The number of rotatable bonds is 3. The molecule has 0 aliphatic rings. The van der Waals surface area contributed by atoms with Crippen molar-refractivity contribution in [2.24, 2.45) is 0 Å². The number of amides is 1. The van der Waals surface area contributed by atoms with Crippen LogP contribution in [0.2, 0.25) is 0 Å². The van der Waals surface area contributed by atoms with Gasteiger partial charge in [0.15, 0.2) is 0 Å². The van der Waals surface area contributed by atoms with E-state index in [1.165, 1.54) is 0 Å². The van der Waals surface area contributed by atoms with E-state index < -0.39 is 0 Å². The smallest absolute Gasteiger partial charge is 0.288 e. The summed E-state index contributed by atoms with van der Waals surface area (Å²) in [6.45, 7) is 0. The largest absolute Gasteiger partial charge is 0.316 e. The third kappa shape index (κ3) is 2.62. The zero-order chi connectivity index (χ0) is 14.7. The summed E-state index contributed by atoms with van der Waals surface area (Å²) in [5.41, 5.74) is 1.73. The summed E-state index contributed by atoms with van der Waals surface area (Å²) in [5.74, 6) is -0.321. The minimum atomic E-state index is -0.363. The molecule has 0 atom stereocenters. The fourth-order valence-corrected chi connectivity index (χ4v) is 2.07. The number of carbonyl (C=O) groups excluding carboxylic acids is 1. The molecule has 0 aliphatic heterocycles. The van der Waals surface area contributed by atoms with Crippen molar-refractivity contribution in [3.63, 3.8) is 0 Å². The molecule has 3 rings (SSSR count).